The molecule has 1 amide bonds. The molecule has 120 valence electrons. The highest BCUT2D eigenvalue weighted by Crippen LogP contribution is 2.23. The van der Waals surface area contributed by atoms with Crippen molar-refractivity contribution in [2.75, 3.05) is 0 Å². The van der Waals surface area contributed by atoms with Gasteiger partial charge in [0.2, 0.25) is 5.91 Å². The Morgan fingerprint density at radius 3 is 2.87 bits per heavy atom. The van der Waals surface area contributed by atoms with E-state index in [1.54, 1.807) is 6.21 Å². The zero-order valence-electron chi connectivity index (χ0n) is 13.2. The van der Waals surface area contributed by atoms with Crippen LogP contribution in [0, 0.1) is 12.8 Å². The summed E-state index contributed by atoms with van der Waals surface area (Å²) in [6, 6.07) is 7.96. The van der Waals surface area contributed by atoms with Gasteiger partial charge >= 0.3 is 0 Å². The highest BCUT2D eigenvalue weighted by Gasteiger charge is 2.20. The van der Waals surface area contributed by atoms with Crippen LogP contribution in [0.1, 0.15) is 43.2 Å². The van der Waals surface area contributed by atoms with Crippen molar-refractivity contribution in [3.63, 3.8) is 0 Å². The fraction of sp³-hybridized carbons (Fsp3) is 0.389. The Morgan fingerprint density at radius 2 is 2.09 bits per heavy atom. The van der Waals surface area contributed by atoms with Crippen LogP contribution in [0.2, 0.25) is 5.15 Å². The van der Waals surface area contributed by atoms with Crippen molar-refractivity contribution in [1.29, 1.82) is 0 Å². The van der Waals surface area contributed by atoms with Crippen LogP contribution in [0.5, 0.6) is 0 Å². The topological polar surface area (TPSA) is 54.4 Å². The molecule has 0 unspecified atom stereocenters. The second-order valence-corrected chi connectivity index (χ2v) is 6.49. The minimum Gasteiger partial charge on any atom is -0.273 e. The van der Waals surface area contributed by atoms with E-state index in [-0.39, 0.29) is 11.8 Å². The molecule has 3 rings (SSSR count). The number of rotatable bonds is 3. The van der Waals surface area contributed by atoms with Gasteiger partial charge in [0, 0.05) is 16.9 Å². The standard InChI is InChI=1S/C18H20ClN3O/c1-12-7-8-14-10-15(17(19)21-16(14)9-12)11-20-22-18(23)13-5-3-2-4-6-13/h7-11,13H,2-6H2,1H3,(H,22,23). The van der Waals surface area contributed by atoms with E-state index >= 15 is 0 Å². The van der Waals surface area contributed by atoms with E-state index in [1.165, 1.54) is 6.42 Å². The van der Waals surface area contributed by atoms with Gasteiger partial charge in [-0.25, -0.2) is 10.4 Å². The Kier molecular flexibility index (Phi) is 4.91. The summed E-state index contributed by atoms with van der Waals surface area (Å²) in [7, 11) is 0. The number of carbonyl (C=O) groups is 1. The number of aryl methyl sites for hydroxylation is 1. The molecule has 0 saturated heterocycles. The molecule has 0 aliphatic heterocycles. The first-order valence-corrected chi connectivity index (χ1v) is 8.41. The van der Waals surface area contributed by atoms with Crippen LogP contribution >= 0.6 is 11.6 Å². The molecule has 1 aromatic heterocycles. The number of carbonyl (C=O) groups excluding carboxylic acids is 1. The summed E-state index contributed by atoms with van der Waals surface area (Å²) in [6.07, 6.45) is 6.96. The Balaban J connectivity index is 1.71. The number of hydrogen-bond acceptors (Lipinski definition) is 3. The first-order valence-electron chi connectivity index (χ1n) is 8.03. The number of amides is 1. The Morgan fingerprint density at radius 1 is 1.30 bits per heavy atom. The Labute approximate surface area is 140 Å². The molecule has 0 atom stereocenters. The van der Waals surface area contributed by atoms with E-state index in [0.29, 0.717) is 10.7 Å². The molecule has 1 fully saturated rings. The predicted molar refractivity (Wildman–Crippen MR) is 93.8 cm³/mol. The summed E-state index contributed by atoms with van der Waals surface area (Å²) in [5.74, 6) is 0.0931. The monoisotopic (exact) mass is 329 g/mol. The molecule has 4 nitrogen and oxygen atoms in total. The van der Waals surface area contributed by atoms with Gasteiger partial charge < -0.3 is 0 Å². The van der Waals surface area contributed by atoms with Gasteiger partial charge in [-0.05, 0) is 37.5 Å². The van der Waals surface area contributed by atoms with Gasteiger partial charge in [-0.1, -0.05) is 43.0 Å². The third kappa shape index (κ3) is 3.88. The van der Waals surface area contributed by atoms with E-state index in [9.17, 15) is 4.79 Å². The molecule has 23 heavy (non-hydrogen) atoms. The molecule has 1 N–H and O–H groups in total. The molecule has 5 heteroatoms. The number of benzene rings is 1. The third-order valence-electron chi connectivity index (χ3n) is 4.31. The number of hydrogen-bond donors (Lipinski definition) is 1. The molecule has 1 aliphatic carbocycles. The maximum absolute atomic E-state index is 12.0. The van der Waals surface area contributed by atoms with Crippen LogP contribution in [0.15, 0.2) is 29.4 Å². The maximum atomic E-state index is 12.0. The fourth-order valence-corrected chi connectivity index (χ4v) is 3.18. The number of halogens is 1. The first-order chi connectivity index (χ1) is 11.1. The number of nitrogens with one attached hydrogen (secondary N) is 1. The lowest BCUT2D eigenvalue weighted by Gasteiger charge is -2.19. The minimum absolute atomic E-state index is 0.00134. The molecule has 1 aromatic carbocycles. The molecular weight excluding hydrogens is 310 g/mol. The summed E-state index contributed by atoms with van der Waals surface area (Å²) < 4.78 is 0. The molecular formula is C18H20ClN3O. The first kappa shape index (κ1) is 15.9. The average Bonchev–Trinajstić information content (AvgIpc) is 2.56. The average molecular weight is 330 g/mol. The highest BCUT2D eigenvalue weighted by atomic mass is 35.5. The maximum Gasteiger partial charge on any atom is 0.243 e. The van der Waals surface area contributed by atoms with Gasteiger partial charge in [0.25, 0.3) is 0 Å². The zero-order valence-corrected chi connectivity index (χ0v) is 13.9. The number of aromatic nitrogens is 1. The lowest BCUT2D eigenvalue weighted by molar-refractivity contribution is -0.125. The molecule has 0 spiro atoms. The molecule has 1 aliphatic rings. The van der Waals surface area contributed by atoms with Crippen LogP contribution < -0.4 is 5.43 Å². The summed E-state index contributed by atoms with van der Waals surface area (Å²) >= 11 is 6.20. The van der Waals surface area contributed by atoms with Gasteiger partial charge in [-0.15, -0.1) is 0 Å². The fourth-order valence-electron chi connectivity index (χ4n) is 2.98. The van der Waals surface area contributed by atoms with Crippen LogP contribution in [-0.2, 0) is 4.79 Å². The molecule has 1 heterocycles. The second-order valence-electron chi connectivity index (χ2n) is 6.13. The number of fused-ring (bicyclic) bond motifs is 1. The minimum atomic E-state index is 0.00134. The van der Waals surface area contributed by atoms with Gasteiger partial charge in [0.15, 0.2) is 0 Å². The van der Waals surface area contributed by atoms with E-state index in [0.717, 1.165) is 42.1 Å². The largest absolute Gasteiger partial charge is 0.273 e. The zero-order chi connectivity index (χ0) is 16.2. The van der Waals surface area contributed by atoms with Crippen molar-refractivity contribution < 1.29 is 4.79 Å². The number of nitrogens with zero attached hydrogens (tertiary/aromatic N) is 2. The summed E-state index contributed by atoms with van der Waals surface area (Å²) in [5.41, 5.74) is 5.33. The second kappa shape index (κ2) is 7.09. The van der Waals surface area contributed by atoms with E-state index in [4.69, 9.17) is 11.6 Å². The van der Waals surface area contributed by atoms with Gasteiger partial charge in [0.1, 0.15) is 5.15 Å². The summed E-state index contributed by atoms with van der Waals surface area (Å²) in [6.45, 7) is 2.02. The molecule has 2 aromatic rings. The highest BCUT2D eigenvalue weighted by molar-refractivity contribution is 6.32. The smallest absolute Gasteiger partial charge is 0.243 e. The number of hydrazone groups is 1. The van der Waals surface area contributed by atoms with Crippen molar-refractivity contribution in [2.45, 2.75) is 39.0 Å². The Hall–Kier alpha value is -1.94. The van der Waals surface area contributed by atoms with Gasteiger partial charge in [-0.3, -0.25) is 4.79 Å². The van der Waals surface area contributed by atoms with E-state index in [2.05, 4.69) is 15.5 Å². The number of pyridine rings is 1. The third-order valence-corrected chi connectivity index (χ3v) is 4.61. The van der Waals surface area contributed by atoms with Gasteiger partial charge in [0.05, 0.1) is 11.7 Å². The lowest BCUT2D eigenvalue weighted by Crippen LogP contribution is -2.28. The SMILES string of the molecule is Cc1ccc2cc(C=NNC(=O)C3CCCCC3)c(Cl)nc2c1. The van der Waals surface area contributed by atoms with Crippen molar-refractivity contribution in [3.8, 4) is 0 Å². The lowest BCUT2D eigenvalue weighted by atomic mass is 9.89. The van der Waals surface area contributed by atoms with Crippen molar-refractivity contribution in [1.82, 2.24) is 10.4 Å². The van der Waals surface area contributed by atoms with Crippen LogP contribution in [0.25, 0.3) is 10.9 Å². The molecule has 0 bridgehead atoms. The van der Waals surface area contributed by atoms with E-state index in [1.807, 2.05) is 31.2 Å². The summed E-state index contributed by atoms with van der Waals surface area (Å²) in [4.78, 5) is 16.4. The summed E-state index contributed by atoms with van der Waals surface area (Å²) in [5, 5.41) is 5.44. The molecule has 0 radical (unpaired) electrons. The van der Waals surface area contributed by atoms with Crippen molar-refractivity contribution in [3.05, 3.63) is 40.5 Å². The van der Waals surface area contributed by atoms with Crippen LogP contribution in [0.4, 0.5) is 0 Å². The molecule has 1 saturated carbocycles. The normalized spacial score (nSPS) is 16.1. The van der Waals surface area contributed by atoms with Crippen molar-refractivity contribution >= 4 is 34.6 Å². The van der Waals surface area contributed by atoms with E-state index < -0.39 is 0 Å². The predicted octanol–water partition coefficient (Wildman–Crippen LogP) is 4.23. The quantitative estimate of drug-likeness (QED) is 0.520. The van der Waals surface area contributed by atoms with Crippen molar-refractivity contribution in [2.24, 2.45) is 11.0 Å². The van der Waals surface area contributed by atoms with Crippen LogP contribution in [0.3, 0.4) is 0 Å². The van der Waals surface area contributed by atoms with Gasteiger partial charge in [-0.2, -0.15) is 5.10 Å². The van der Waals surface area contributed by atoms with Crippen LogP contribution in [-0.4, -0.2) is 17.1 Å². The Bertz CT molecular complexity index is 751.